The SMILES string of the molecule is CCNC(=NCc1c(C)nn(C)c1C)NCCc1cc(Cl)c2c(c1)OCCO2. The average molecular weight is 406 g/mol. The highest BCUT2D eigenvalue weighted by molar-refractivity contribution is 6.32. The Hall–Kier alpha value is -2.41. The molecule has 152 valence electrons. The lowest BCUT2D eigenvalue weighted by molar-refractivity contribution is 0.171. The van der Waals surface area contributed by atoms with Gasteiger partial charge in [-0.15, -0.1) is 0 Å². The Morgan fingerprint density at radius 2 is 2.04 bits per heavy atom. The van der Waals surface area contributed by atoms with Gasteiger partial charge in [0.25, 0.3) is 0 Å². The van der Waals surface area contributed by atoms with Crippen molar-refractivity contribution in [2.45, 2.75) is 33.7 Å². The number of hydrogen-bond donors (Lipinski definition) is 2. The summed E-state index contributed by atoms with van der Waals surface area (Å²) in [5.74, 6) is 2.15. The first-order chi connectivity index (χ1) is 13.5. The van der Waals surface area contributed by atoms with Gasteiger partial charge in [-0.05, 0) is 44.9 Å². The zero-order valence-corrected chi connectivity index (χ0v) is 17.7. The number of aliphatic imine (C=N–C) groups is 1. The van der Waals surface area contributed by atoms with Crippen molar-refractivity contribution < 1.29 is 9.47 Å². The van der Waals surface area contributed by atoms with Crippen LogP contribution in [0.15, 0.2) is 17.1 Å². The van der Waals surface area contributed by atoms with E-state index in [-0.39, 0.29) is 0 Å². The summed E-state index contributed by atoms with van der Waals surface area (Å²) in [5, 5.41) is 11.7. The van der Waals surface area contributed by atoms with E-state index >= 15 is 0 Å². The number of ether oxygens (including phenoxy) is 2. The third-order valence-corrected chi connectivity index (χ3v) is 5.04. The normalized spacial score (nSPS) is 13.5. The van der Waals surface area contributed by atoms with E-state index in [2.05, 4.69) is 29.6 Å². The molecule has 1 aromatic heterocycles. The van der Waals surface area contributed by atoms with Crippen LogP contribution >= 0.6 is 11.6 Å². The zero-order valence-electron chi connectivity index (χ0n) is 16.9. The fourth-order valence-electron chi connectivity index (χ4n) is 3.18. The van der Waals surface area contributed by atoms with Gasteiger partial charge < -0.3 is 20.1 Å². The number of nitrogens with one attached hydrogen (secondary N) is 2. The van der Waals surface area contributed by atoms with Gasteiger partial charge in [0.2, 0.25) is 0 Å². The summed E-state index contributed by atoms with van der Waals surface area (Å²) in [7, 11) is 1.96. The van der Waals surface area contributed by atoms with Gasteiger partial charge in [-0.3, -0.25) is 4.68 Å². The minimum Gasteiger partial charge on any atom is -0.486 e. The molecule has 0 amide bonds. The third kappa shape index (κ3) is 4.70. The molecule has 2 heterocycles. The van der Waals surface area contributed by atoms with Gasteiger partial charge in [0.05, 0.1) is 17.3 Å². The molecule has 0 atom stereocenters. The average Bonchev–Trinajstić information content (AvgIpc) is 2.91. The van der Waals surface area contributed by atoms with E-state index in [1.54, 1.807) is 0 Å². The van der Waals surface area contributed by atoms with Crippen LogP contribution in [0, 0.1) is 13.8 Å². The molecular weight excluding hydrogens is 378 g/mol. The number of benzene rings is 1. The van der Waals surface area contributed by atoms with E-state index in [1.165, 1.54) is 5.56 Å². The molecule has 0 spiro atoms. The number of aromatic nitrogens is 2. The molecule has 0 fully saturated rings. The highest BCUT2D eigenvalue weighted by atomic mass is 35.5. The minimum absolute atomic E-state index is 0.534. The van der Waals surface area contributed by atoms with Gasteiger partial charge in [-0.25, -0.2) is 4.99 Å². The maximum Gasteiger partial charge on any atom is 0.191 e. The van der Waals surface area contributed by atoms with E-state index in [4.69, 9.17) is 26.1 Å². The highest BCUT2D eigenvalue weighted by Gasteiger charge is 2.16. The van der Waals surface area contributed by atoms with E-state index < -0.39 is 0 Å². The van der Waals surface area contributed by atoms with Gasteiger partial charge in [0.15, 0.2) is 17.5 Å². The molecule has 0 unspecified atom stereocenters. The number of guanidine groups is 1. The van der Waals surface area contributed by atoms with Crippen LogP contribution in [0.5, 0.6) is 11.5 Å². The third-order valence-electron chi connectivity index (χ3n) is 4.76. The fraction of sp³-hybridized carbons (Fsp3) is 0.500. The highest BCUT2D eigenvalue weighted by Crippen LogP contribution is 2.38. The number of hydrogen-bond acceptors (Lipinski definition) is 4. The maximum absolute atomic E-state index is 6.32. The largest absolute Gasteiger partial charge is 0.486 e. The van der Waals surface area contributed by atoms with Crippen molar-refractivity contribution in [3.63, 3.8) is 0 Å². The van der Waals surface area contributed by atoms with Gasteiger partial charge >= 0.3 is 0 Å². The predicted molar refractivity (Wildman–Crippen MR) is 112 cm³/mol. The molecule has 7 nitrogen and oxygen atoms in total. The second kappa shape index (κ2) is 9.19. The number of halogens is 1. The first kappa shape index (κ1) is 20.3. The molecular formula is C20H28ClN5O2. The van der Waals surface area contributed by atoms with Crippen LogP contribution in [0.1, 0.15) is 29.4 Å². The molecule has 0 radical (unpaired) electrons. The molecule has 1 aliphatic heterocycles. The summed E-state index contributed by atoms with van der Waals surface area (Å²) >= 11 is 6.32. The number of nitrogens with zero attached hydrogens (tertiary/aromatic N) is 3. The molecule has 8 heteroatoms. The molecule has 1 aliphatic rings. The monoisotopic (exact) mass is 405 g/mol. The minimum atomic E-state index is 0.534. The number of aryl methyl sites for hydroxylation is 2. The molecule has 28 heavy (non-hydrogen) atoms. The van der Waals surface area contributed by atoms with E-state index in [0.717, 1.165) is 48.2 Å². The Bertz CT molecular complexity index is 863. The zero-order chi connectivity index (χ0) is 20.1. The van der Waals surface area contributed by atoms with Crippen LogP contribution < -0.4 is 20.1 Å². The van der Waals surface area contributed by atoms with E-state index in [0.29, 0.717) is 30.5 Å². The first-order valence-electron chi connectivity index (χ1n) is 9.58. The van der Waals surface area contributed by atoms with Crippen molar-refractivity contribution in [1.82, 2.24) is 20.4 Å². The van der Waals surface area contributed by atoms with Crippen molar-refractivity contribution >= 4 is 17.6 Å². The van der Waals surface area contributed by atoms with Crippen LogP contribution in [-0.4, -0.2) is 42.0 Å². The van der Waals surface area contributed by atoms with Gasteiger partial charge in [0, 0.05) is 31.4 Å². The topological polar surface area (TPSA) is 72.7 Å². The number of rotatable bonds is 6. The van der Waals surface area contributed by atoms with E-state index in [1.807, 2.05) is 30.8 Å². The van der Waals surface area contributed by atoms with Crippen molar-refractivity contribution in [1.29, 1.82) is 0 Å². The molecule has 1 aromatic carbocycles. The van der Waals surface area contributed by atoms with Gasteiger partial charge in [-0.1, -0.05) is 11.6 Å². The first-order valence-corrected chi connectivity index (χ1v) is 9.96. The Kier molecular flexibility index (Phi) is 6.67. The summed E-state index contributed by atoms with van der Waals surface area (Å²) < 4.78 is 13.1. The van der Waals surface area contributed by atoms with Crippen LogP contribution in [-0.2, 0) is 20.0 Å². The summed E-state index contributed by atoms with van der Waals surface area (Å²) in [4.78, 5) is 4.71. The Morgan fingerprint density at radius 3 is 2.75 bits per heavy atom. The summed E-state index contributed by atoms with van der Waals surface area (Å²) in [5.41, 5.74) is 4.42. The van der Waals surface area contributed by atoms with Crippen molar-refractivity contribution in [3.8, 4) is 11.5 Å². The molecule has 2 N–H and O–H groups in total. The van der Waals surface area contributed by atoms with Crippen LogP contribution in [0.2, 0.25) is 5.02 Å². The summed E-state index contributed by atoms with van der Waals surface area (Å²) in [6.07, 6.45) is 0.797. The molecule has 2 aromatic rings. The molecule has 0 aliphatic carbocycles. The molecule has 0 bridgehead atoms. The fourth-order valence-corrected chi connectivity index (χ4v) is 3.47. The van der Waals surface area contributed by atoms with Crippen molar-refractivity contribution in [2.24, 2.45) is 12.0 Å². The van der Waals surface area contributed by atoms with Gasteiger partial charge in [0.1, 0.15) is 13.2 Å². The molecule has 3 rings (SSSR count). The second-order valence-electron chi connectivity index (χ2n) is 6.75. The van der Waals surface area contributed by atoms with Crippen molar-refractivity contribution in [2.75, 3.05) is 26.3 Å². The smallest absolute Gasteiger partial charge is 0.191 e. The molecule has 0 saturated heterocycles. The Morgan fingerprint density at radius 1 is 1.25 bits per heavy atom. The Balaban J connectivity index is 1.61. The summed E-state index contributed by atoms with van der Waals surface area (Å²) in [6, 6.07) is 3.93. The maximum atomic E-state index is 6.32. The quantitative estimate of drug-likeness (QED) is 0.571. The Labute approximate surface area is 171 Å². The molecule has 0 saturated carbocycles. The van der Waals surface area contributed by atoms with Crippen LogP contribution in [0.3, 0.4) is 0 Å². The lowest BCUT2D eigenvalue weighted by Crippen LogP contribution is -2.38. The van der Waals surface area contributed by atoms with Crippen LogP contribution in [0.25, 0.3) is 0 Å². The van der Waals surface area contributed by atoms with Crippen molar-refractivity contribution in [3.05, 3.63) is 39.7 Å². The number of fused-ring (bicyclic) bond motifs is 1. The predicted octanol–water partition coefficient (Wildman–Crippen LogP) is 2.76. The lowest BCUT2D eigenvalue weighted by atomic mass is 10.1. The van der Waals surface area contributed by atoms with Gasteiger partial charge in [-0.2, -0.15) is 5.10 Å². The standard InChI is InChI=1S/C20H28ClN5O2/c1-5-22-20(24-12-16-13(2)25-26(4)14(16)3)23-7-6-15-10-17(21)19-18(11-15)27-8-9-28-19/h10-11H,5-9,12H2,1-4H3,(H2,22,23,24). The summed E-state index contributed by atoms with van der Waals surface area (Å²) in [6.45, 7) is 9.34. The second-order valence-corrected chi connectivity index (χ2v) is 7.15. The van der Waals surface area contributed by atoms with Crippen LogP contribution in [0.4, 0.5) is 0 Å². The van der Waals surface area contributed by atoms with E-state index in [9.17, 15) is 0 Å². The lowest BCUT2D eigenvalue weighted by Gasteiger charge is -2.20.